The first-order valence-electron chi connectivity index (χ1n) is 8.98. The minimum Gasteiger partial charge on any atom is -0.478 e. The van der Waals surface area contributed by atoms with Crippen LogP contribution in [0, 0.1) is 6.92 Å². The Labute approximate surface area is 209 Å². The molecule has 0 unspecified atom stereocenters. The molecule has 0 aromatic heterocycles. The molecule has 14 nitrogen and oxygen atoms in total. The van der Waals surface area contributed by atoms with E-state index >= 15 is 0 Å². The number of amides is 1. The average molecular weight is 567 g/mol. The number of hydrazone groups is 1. The molecule has 0 saturated carbocycles. The van der Waals surface area contributed by atoms with Crippen molar-refractivity contribution in [1.82, 2.24) is 0 Å². The summed E-state index contributed by atoms with van der Waals surface area (Å²) in [6.45, 7) is 3.03. The fourth-order valence-corrected chi connectivity index (χ4v) is 4.08. The zero-order valence-electron chi connectivity index (χ0n) is 17.9. The Morgan fingerprint density at radius 3 is 2.06 bits per heavy atom. The third-order valence-electron chi connectivity index (χ3n) is 4.64. The van der Waals surface area contributed by atoms with Crippen LogP contribution < -0.4 is 10.1 Å². The Kier molecular flexibility index (Phi) is 9.17. The topological polar surface area (TPSA) is 237 Å². The minimum absolute atomic E-state index is 0. The molecular formula is C18H19CrN4O10S2+. The van der Waals surface area contributed by atoms with Gasteiger partial charge in [-0.05, 0) is 48.9 Å². The van der Waals surface area contributed by atoms with Gasteiger partial charge in [0.1, 0.15) is 11.4 Å². The SMILES string of the molecule is CC1=[NH+]N(c2ccc(S(=O)(=O)O)cc2C)C(=O)[C@@H]1N=Nc1cc(S(=O)(=O)O)ccc1C(=O)O.O.[Cr]. The van der Waals surface area contributed by atoms with Gasteiger partial charge < -0.3 is 10.6 Å². The number of nitrogens with one attached hydrogen (secondary N) is 1. The Hall–Kier alpha value is -3.04. The Balaban J connectivity index is 0.00000306. The number of hydrogen-bond donors (Lipinski definition) is 4. The molecule has 188 valence electrons. The molecule has 6 N–H and O–H groups in total. The van der Waals surface area contributed by atoms with Crippen LogP contribution in [0.4, 0.5) is 11.4 Å². The van der Waals surface area contributed by atoms with E-state index in [1.165, 1.54) is 26.0 Å². The molecule has 1 amide bonds. The molecule has 1 aliphatic heterocycles. The van der Waals surface area contributed by atoms with E-state index in [1.807, 2.05) is 0 Å². The molecule has 0 saturated heterocycles. The predicted octanol–water partition coefficient (Wildman–Crippen LogP) is -0.685. The number of aromatic carboxylic acids is 1. The number of azo groups is 1. The summed E-state index contributed by atoms with van der Waals surface area (Å²) in [5, 5.41) is 20.7. The molecule has 2 aromatic rings. The van der Waals surface area contributed by atoms with Crippen molar-refractivity contribution in [1.29, 1.82) is 0 Å². The molecule has 0 aliphatic carbocycles. The molecule has 2 aromatic carbocycles. The third kappa shape index (κ3) is 6.35. The van der Waals surface area contributed by atoms with Crippen molar-refractivity contribution in [2.75, 3.05) is 5.01 Å². The van der Waals surface area contributed by atoms with E-state index in [1.54, 1.807) is 0 Å². The number of carbonyl (C=O) groups is 2. The summed E-state index contributed by atoms with van der Waals surface area (Å²) in [6.07, 6.45) is 0. The number of aryl methyl sites for hydroxylation is 1. The number of hydrazine groups is 1. The fourth-order valence-electron chi connectivity index (χ4n) is 3.01. The summed E-state index contributed by atoms with van der Waals surface area (Å²) in [6, 6.07) is 4.98. The van der Waals surface area contributed by atoms with Crippen LogP contribution in [-0.2, 0) is 42.4 Å². The first kappa shape index (κ1) is 30.0. The predicted molar refractivity (Wildman–Crippen MR) is 115 cm³/mol. The summed E-state index contributed by atoms with van der Waals surface area (Å²) in [5.74, 6) is -2.07. The molecule has 35 heavy (non-hydrogen) atoms. The number of carbonyl (C=O) groups excluding carboxylic acids is 1. The van der Waals surface area contributed by atoms with Gasteiger partial charge in [-0.3, -0.25) is 13.9 Å². The average Bonchev–Trinajstić information content (AvgIpc) is 2.98. The second kappa shape index (κ2) is 10.7. The second-order valence-corrected chi connectivity index (χ2v) is 9.81. The number of nitrogens with zero attached hydrogens (tertiary/aromatic N) is 3. The Bertz CT molecular complexity index is 1460. The number of carboxylic acid groups (broad SMARTS) is 1. The smallest absolute Gasteiger partial charge is 0.337 e. The minimum atomic E-state index is -4.64. The fraction of sp³-hybridized carbons (Fsp3) is 0.167. The third-order valence-corrected chi connectivity index (χ3v) is 6.34. The first-order chi connectivity index (χ1) is 15.2. The maximum atomic E-state index is 12.9. The van der Waals surface area contributed by atoms with Crippen LogP contribution in [0.25, 0.3) is 0 Å². The Morgan fingerprint density at radius 2 is 1.54 bits per heavy atom. The summed E-state index contributed by atoms with van der Waals surface area (Å²) < 4.78 is 63.7. The van der Waals surface area contributed by atoms with Crippen LogP contribution in [0.15, 0.2) is 56.4 Å². The molecule has 0 fully saturated rings. The normalized spacial score (nSPS) is 16.0. The first-order valence-corrected chi connectivity index (χ1v) is 11.9. The van der Waals surface area contributed by atoms with Crippen LogP contribution in [0.5, 0.6) is 0 Å². The second-order valence-electron chi connectivity index (χ2n) is 6.97. The zero-order chi connectivity index (χ0) is 24.7. The van der Waals surface area contributed by atoms with Crippen LogP contribution >= 0.6 is 0 Å². The van der Waals surface area contributed by atoms with Crippen LogP contribution in [0.2, 0.25) is 0 Å². The van der Waals surface area contributed by atoms with Crippen molar-refractivity contribution in [2.45, 2.75) is 29.7 Å². The maximum absolute atomic E-state index is 12.9. The van der Waals surface area contributed by atoms with Crippen molar-refractivity contribution < 1.29 is 68.6 Å². The van der Waals surface area contributed by atoms with Gasteiger partial charge in [-0.1, -0.05) is 5.01 Å². The summed E-state index contributed by atoms with van der Waals surface area (Å²) >= 11 is 0. The molecule has 0 radical (unpaired) electrons. The molecule has 17 heteroatoms. The van der Waals surface area contributed by atoms with E-state index in [0.717, 1.165) is 29.3 Å². The maximum Gasteiger partial charge on any atom is 0.337 e. The van der Waals surface area contributed by atoms with E-state index in [2.05, 4.69) is 15.3 Å². The van der Waals surface area contributed by atoms with Gasteiger partial charge in [-0.2, -0.15) is 27.1 Å². The van der Waals surface area contributed by atoms with Gasteiger partial charge in [0.15, 0.2) is 0 Å². The monoisotopic (exact) mass is 567 g/mol. The van der Waals surface area contributed by atoms with Crippen molar-refractivity contribution in [3.05, 3.63) is 47.5 Å². The van der Waals surface area contributed by atoms with E-state index in [0.29, 0.717) is 11.3 Å². The van der Waals surface area contributed by atoms with Gasteiger partial charge in [0, 0.05) is 24.3 Å². The molecule has 0 bridgehead atoms. The quantitative estimate of drug-likeness (QED) is 0.255. The Morgan fingerprint density at radius 1 is 1.00 bits per heavy atom. The largest absolute Gasteiger partial charge is 0.478 e. The van der Waals surface area contributed by atoms with Gasteiger partial charge >= 0.3 is 11.9 Å². The van der Waals surface area contributed by atoms with Crippen molar-refractivity contribution in [3.8, 4) is 0 Å². The summed E-state index contributed by atoms with van der Waals surface area (Å²) in [5.41, 5.74) is 0.0975. The standard InChI is InChI=1S/C18H16N4O9S2.Cr.H2O/c1-9-7-11(32(26,27)28)4-6-15(9)22-17(23)16(10(2)21-22)20-19-14-8-12(33(29,30)31)3-5-13(14)18(24)25;;/h3-8,16H,1-2H3,(H,24,25)(H,26,27,28)(H,29,30,31);;1H2/p+1/t16-;;/m1../s1. The van der Waals surface area contributed by atoms with Gasteiger partial charge in [-0.15, -0.1) is 5.10 Å². The number of benzene rings is 2. The van der Waals surface area contributed by atoms with E-state index in [4.69, 9.17) is 4.55 Å². The van der Waals surface area contributed by atoms with Crippen molar-refractivity contribution >= 4 is 49.2 Å². The molecule has 1 aliphatic rings. The van der Waals surface area contributed by atoms with Crippen LogP contribution in [0.1, 0.15) is 22.8 Å². The molecule has 1 heterocycles. The number of anilines is 1. The van der Waals surface area contributed by atoms with Gasteiger partial charge in [-0.25, -0.2) is 4.79 Å². The zero-order valence-corrected chi connectivity index (χ0v) is 20.8. The van der Waals surface area contributed by atoms with Crippen molar-refractivity contribution in [3.63, 3.8) is 0 Å². The number of hydrogen-bond acceptors (Lipinski definition) is 8. The number of rotatable bonds is 6. The van der Waals surface area contributed by atoms with Gasteiger partial charge in [0.25, 0.3) is 20.2 Å². The van der Waals surface area contributed by atoms with Gasteiger partial charge in [0.05, 0.1) is 15.4 Å². The summed E-state index contributed by atoms with van der Waals surface area (Å²) in [4.78, 5) is 23.3. The van der Waals surface area contributed by atoms with E-state index < -0.39 is 54.3 Å². The molecular weight excluding hydrogens is 548 g/mol. The molecule has 3 rings (SSSR count). The van der Waals surface area contributed by atoms with Gasteiger partial charge in [0.2, 0.25) is 11.8 Å². The van der Waals surface area contributed by atoms with Crippen molar-refractivity contribution in [2.24, 2.45) is 10.2 Å². The molecule has 1 atom stereocenters. The summed E-state index contributed by atoms with van der Waals surface area (Å²) in [7, 11) is -9.07. The van der Waals surface area contributed by atoms with E-state index in [-0.39, 0.29) is 33.4 Å². The van der Waals surface area contributed by atoms with Crippen LogP contribution in [-0.4, -0.2) is 60.2 Å². The van der Waals surface area contributed by atoms with E-state index in [9.17, 15) is 36.1 Å². The molecule has 0 spiro atoms. The van der Waals surface area contributed by atoms with Crippen LogP contribution in [0.3, 0.4) is 0 Å². The number of carboxylic acids is 1.